The first-order valence-electron chi connectivity index (χ1n) is 6.08. The van der Waals surface area contributed by atoms with Crippen molar-refractivity contribution in [3.05, 3.63) is 52.5 Å². The van der Waals surface area contributed by atoms with Crippen LogP contribution in [0.2, 0.25) is 5.02 Å². The van der Waals surface area contributed by atoms with Crippen LogP contribution in [0.15, 0.2) is 36.4 Å². The molecule has 0 atom stereocenters. The normalized spacial score (nSPS) is 11.1. The molecule has 0 radical (unpaired) electrons. The molecule has 0 fully saturated rings. The monoisotopic (exact) mass is 271 g/mol. The van der Waals surface area contributed by atoms with E-state index in [9.17, 15) is 0 Å². The number of nitrogen functional groups attached to an aromatic ring is 1. The third-order valence-corrected chi connectivity index (χ3v) is 3.62. The van der Waals surface area contributed by atoms with Crippen LogP contribution in [-0.2, 0) is 0 Å². The molecule has 3 aromatic rings. The van der Waals surface area contributed by atoms with Gasteiger partial charge in [0.1, 0.15) is 0 Å². The first-order chi connectivity index (χ1) is 9.09. The quantitative estimate of drug-likeness (QED) is 0.730. The molecule has 4 heteroatoms. The Balaban J connectivity index is 2.46. The number of rotatable bonds is 1. The fourth-order valence-electron chi connectivity index (χ4n) is 2.45. The van der Waals surface area contributed by atoms with Crippen LogP contribution in [-0.4, -0.2) is 9.55 Å². The maximum Gasteiger partial charge on any atom is 0.206 e. The Morgan fingerprint density at radius 1 is 1.05 bits per heavy atom. The summed E-state index contributed by atoms with van der Waals surface area (Å²) in [6.45, 7) is 4.07. The van der Waals surface area contributed by atoms with Gasteiger partial charge >= 0.3 is 0 Å². The van der Waals surface area contributed by atoms with Gasteiger partial charge in [0.2, 0.25) is 5.95 Å². The second-order valence-corrected chi connectivity index (χ2v) is 5.06. The summed E-state index contributed by atoms with van der Waals surface area (Å²) in [5.74, 6) is 0.459. The molecular weight excluding hydrogens is 258 g/mol. The van der Waals surface area contributed by atoms with Gasteiger partial charge in [-0.05, 0) is 37.1 Å². The standard InChI is InChI=1S/C15H14ClN3/c1-9-5-3-7-11(16)13(9)19-14-10(2)6-4-8-12(14)18-15(19)17/h3-8H,1-2H3,(H2,17,18). The molecule has 0 saturated heterocycles. The van der Waals surface area contributed by atoms with Crippen molar-refractivity contribution < 1.29 is 0 Å². The van der Waals surface area contributed by atoms with Crippen LogP contribution in [0.3, 0.4) is 0 Å². The van der Waals surface area contributed by atoms with Crippen LogP contribution in [0.5, 0.6) is 0 Å². The number of aryl methyl sites for hydroxylation is 2. The second kappa shape index (κ2) is 4.28. The average molecular weight is 272 g/mol. The summed E-state index contributed by atoms with van der Waals surface area (Å²) in [5, 5.41) is 0.675. The fraction of sp³-hybridized carbons (Fsp3) is 0.133. The molecule has 0 spiro atoms. The van der Waals surface area contributed by atoms with Crippen molar-refractivity contribution in [3.63, 3.8) is 0 Å². The minimum atomic E-state index is 0.459. The fourth-order valence-corrected chi connectivity index (χ4v) is 2.75. The van der Waals surface area contributed by atoms with E-state index in [0.29, 0.717) is 11.0 Å². The van der Waals surface area contributed by atoms with Gasteiger partial charge in [0.25, 0.3) is 0 Å². The number of hydrogen-bond donors (Lipinski definition) is 1. The topological polar surface area (TPSA) is 43.8 Å². The predicted molar refractivity (Wildman–Crippen MR) is 80.0 cm³/mol. The molecule has 0 amide bonds. The number of halogens is 1. The largest absolute Gasteiger partial charge is 0.369 e. The van der Waals surface area contributed by atoms with E-state index in [-0.39, 0.29) is 0 Å². The van der Waals surface area contributed by atoms with E-state index in [1.165, 1.54) is 0 Å². The molecule has 2 aromatic carbocycles. The van der Waals surface area contributed by atoms with Crippen molar-refractivity contribution in [2.45, 2.75) is 13.8 Å². The van der Waals surface area contributed by atoms with Crippen LogP contribution in [0.4, 0.5) is 5.95 Å². The Morgan fingerprint density at radius 3 is 2.47 bits per heavy atom. The molecule has 1 heterocycles. The number of anilines is 1. The van der Waals surface area contributed by atoms with Crippen molar-refractivity contribution in [2.75, 3.05) is 5.73 Å². The summed E-state index contributed by atoms with van der Waals surface area (Å²) < 4.78 is 1.93. The SMILES string of the molecule is Cc1cccc(Cl)c1-n1c(N)nc2cccc(C)c21. The zero-order valence-corrected chi connectivity index (χ0v) is 11.6. The number of nitrogens with zero attached hydrogens (tertiary/aromatic N) is 2. The summed E-state index contributed by atoms with van der Waals surface area (Å²) in [4.78, 5) is 4.41. The molecule has 1 aromatic heterocycles. The first kappa shape index (κ1) is 12.1. The van der Waals surface area contributed by atoms with Crippen molar-refractivity contribution in [1.82, 2.24) is 9.55 Å². The van der Waals surface area contributed by atoms with Gasteiger partial charge in [0.15, 0.2) is 0 Å². The molecule has 19 heavy (non-hydrogen) atoms. The third kappa shape index (κ3) is 1.78. The van der Waals surface area contributed by atoms with E-state index in [1.807, 2.05) is 54.8 Å². The lowest BCUT2D eigenvalue weighted by molar-refractivity contribution is 1.08. The summed E-state index contributed by atoms with van der Waals surface area (Å²) >= 11 is 6.34. The summed E-state index contributed by atoms with van der Waals surface area (Å²) in [5.41, 5.74) is 11.1. The Bertz CT molecular complexity index is 754. The van der Waals surface area contributed by atoms with E-state index >= 15 is 0 Å². The molecule has 3 nitrogen and oxygen atoms in total. The lowest BCUT2D eigenvalue weighted by Crippen LogP contribution is -2.04. The highest BCUT2D eigenvalue weighted by atomic mass is 35.5. The Morgan fingerprint density at radius 2 is 1.74 bits per heavy atom. The smallest absolute Gasteiger partial charge is 0.206 e. The molecular formula is C15H14ClN3. The van der Waals surface area contributed by atoms with E-state index in [0.717, 1.165) is 27.8 Å². The number of nitrogens with two attached hydrogens (primary N) is 1. The van der Waals surface area contributed by atoms with Crippen LogP contribution in [0.1, 0.15) is 11.1 Å². The first-order valence-corrected chi connectivity index (χ1v) is 6.46. The average Bonchev–Trinajstić information content (AvgIpc) is 2.67. The number of para-hydroxylation sites is 2. The molecule has 0 aliphatic carbocycles. The van der Waals surface area contributed by atoms with Crippen LogP contribution < -0.4 is 5.73 Å². The van der Waals surface area contributed by atoms with Gasteiger partial charge in [-0.3, -0.25) is 4.57 Å². The van der Waals surface area contributed by atoms with Crippen LogP contribution >= 0.6 is 11.6 Å². The Kier molecular flexibility index (Phi) is 2.72. The number of benzene rings is 2. The van der Waals surface area contributed by atoms with Crippen molar-refractivity contribution >= 4 is 28.6 Å². The number of aromatic nitrogens is 2. The lowest BCUT2D eigenvalue weighted by Gasteiger charge is -2.13. The lowest BCUT2D eigenvalue weighted by atomic mass is 10.1. The predicted octanol–water partition coefficient (Wildman–Crippen LogP) is 3.88. The maximum atomic E-state index is 6.34. The van der Waals surface area contributed by atoms with E-state index in [1.54, 1.807) is 0 Å². The third-order valence-electron chi connectivity index (χ3n) is 3.32. The number of imidazole rings is 1. The van der Waals surface area contributed by atoms with Gasteiger partial charge in [0, 0.05) is 0 Å². The summed E-state index contributed by atoms with van der Waals surface area (Å²) in [6, 6.07) is 11.8. The molecule has 0 unspecified atom stereocenters. The zero-order valence-electron chi connectivity index (χ0n) is 10.8. The van der Waals surface area contributed by atoms with Gasteiger partial charge < -0.3 is 5.73 Å². The molecule has 0 aliphatic rings. The molecule has 0 saturated carbocycles. The van der Waals surface area contributed by atoms with Gasteiger partial charge in [-0.15, -0.1) is 0 Å². The molecule has 0 bridgehead atoms. The van der Waals surface area contributed by atoms with Crippen molar-refractivity contribution in [3.8, 4) is 5.69 Å². The van der Waals surface area contributed by atoms with Gasteiger partial charge in [-0.2, -0.15) is 0 Å². The number of hydrogen-bond acceptors (Lipinski definition) is 2. The van der Waals surface area contributed by atoms with Crippen molar-refractivity contribution in [2.24, 2.45) is 0 Å². The Hall–Kier alpha value is -2.00. The maximum absolute atomic E-state index is 6.34. The van der Waals surface area contributed by atoms with E-state index in [4.69, 9.17) is 17.3 Å². The zero-order chi connectivity index (χ0) is 13.6. The highest BCUT2D eigenvalue weighted by Crippen LogP contribution is 2.31. The van der Waals surface area contributed by atoms with Crippen molar-refractivity contribution in [1.29, 1.82) is 0 Å². The van der Waals surface area contributed by atoms with Gasteiger partial charge in [0.05, 0.1) is 21.7 Å². The second-order valence-electron chi connectivity index (χ2n) is 4.65. The van der Waals surface area contributed by atoms with Crippen LogP contribution in [0, 0.1) is 13.8 Å². The molecule has 3 rings (SSSR count). The molecule has 2 N–H and O–H groups in total. The summed E-state index contributed by atoms with van der Waals surface area (Å²) in [7, 11) is 0. The van der Waals surface area contributed by atoms with Gasteiger partial charge in [-0.1, -0.05) is 35.9 Å². The van der Waals surface area contributed by atoms with Crippen LogP contribution in [0.25, 0.3) is 16.7 Å². The minimum Gasteiger partial charge on any atom is -0.369 e. The van der Waals surface area contributed by atoms with Gasteiger partial charge in [-0.25, -0.2) is 4.98 Å². The number of fused-ring (bicyclic) bond motifs is 1. The molecule has 0 aliphatic heterocycles. The molecule has 96 valence electrons. The highest BCUT2D eigenvalue weighted by Gasteiger charge is 2.15. The highest BCUT2D eigenvalue weighted by molar-refractivity contribution is 6.32. The van der Waals surface area contributed by atoms with E-state index in [2.05, 4.69) is 4.98 Å². The Labute approximate surface area is 116 Å². The van der Waals surface area contributed by atoms with E-state index < -0.39 is 0 Å². The minimum absolute atomic E-state index is 0.459. The summed E-state index contributed by atoms with van der Waals surface area (Å²) in [6.07, 6.45) is 0.